The van der Waals surface area contributed by atoms with Crippen molar-refractivity contribution in [1.82, 2.24) is 0 Å². The molecule has 4 aliphatic carbocycles. The molecule has 0 radical (unpaired) electrons. The lowest BCUT2D eigenvalue weighted by atomic mass is 9.40. The van der Waals surface area contributed by atoms with E-state index in [1.54, 1.807) is 6.92 Å². The SMILES string of the molecule is CC(O)[C@@]1(O)CC2C3CCC4(C)C[C@H](O)CCC4(C)C3CCC2(C)C1. The Bertz CT molecular complexity index is 547. The molecule has 0 aromatic carbocycles. The Kier molecular flexibility index (Phi) is 3.98. The van der Waals surface area contributed by atoms with Gasteiger partial charge in [-0.15, -0.1) is 0 Å². The average molecular weight is 351 g/mol. The highest BCUT2D eigenvalue weighted by atomic mass is 16.3. The molecule has 0 aromatic rings. The summed E-state index contributed by atoms with van der Waals surface area (Å²) in [6, 6.07) is 0. The molecule has 0 heterocycles. The first-order chi connectivity index (χ1) is 11.5. The van der Waals surface area contributed by atoms with E-state index in [2.05, 4.69) is 20.8 Å². The average Bonchev–Trinajstić information content (AvgIpc) is 2.81. The number of aliphatic hydroxyl groups is 3. The number of aliphatic hydroxyl groups excluding tert-OH is 2. The van der Waals surface area contributed by atoms with Crippen LogP contribution in [0.2, 0.25) is 0 Å². The van der Waals surface area contributed by atoms with E-state index in [-0.39, 0.29) is 16.9 Å². The first-order valence-electron chi connectivity index (χ1n) is 10.6. The van der Waals surface area contributed by atoms with Gasteiger partial charge in [-0.3, -0.25) is 0 Å². The van der Waals surface area contributed by atoms with Crippen LogP contribution in [0.15, 0.2) is 0 Å². The van der Waals surface area contributed by atoms with E-state index in [0.29, 0.717) is 23.2 Å². The van der Waals surface area contributed by atoms with Gasteiger partial charge in [-0.2, -0.15) is 0 Å². The standard InChI is InChI=1S/C22H38O3/c1-14(23)22(25)12-18-16-6-9-20(3)11-15(24)5-10-21(20,4)17(16)7-8-19(18,2)13-22/h14-18,23-25H,5-13H2,1-4H3/t14?,15-,16?,17?,18?,19?,20?,21?,22-/m1/s1. The summed E-state index contributed by atoms with van der Waals surface area (Å²) in [5, 5.41) is 31.5. The quantitative estimate of drug-likeness (QED) is 0.672. The molecule has 4 fully saturated rings. The van der Waals surface area contributed by atoms with Gasteiger partial charge in [-0.05, 0) is 98.7 Å². The van der Waals surface area contributed by atoms with Gasteiger partial charge in [0.2, 0.25) is 0 Å². The molecule has 3 nitrogen and oxygen atoms in total. The number of fused-ring (bicyclic) bond motifs is 5. The van der Waals surface area contributed by atoms with Crippen LogP contribution in [-0.2, 0) is 0 Å². The fourth-order valence-electron chi connectivity index (χ4n) is 8.09. The molecule has 0 aromatic heterocycles. The maximum absolute atomic E-state index is 11.1. The van der Waals surface area contributed by atoms with E-state index >= 15 is 0 Å². The Morgan fingerprint density at radius 3 is 2.32 bits per heavy atom. The molecule has 3 heteroatoms. The van der Waals surface area contributed by atoms with Gasteiger partial charge in [0.05, 0.1) is 17.8 Å². The molecule has 0 bridgehead atoms. The smallest absolute Gasteiger partial charge is 0.0910 e. The third-order valence-corrected chi connectivity index (χ3v) is 9.93. The van der Waals surface area contributed by atoms with Crippen molar-refractivity contribution in [3.05, 3.63) is 0 Å². The second-order valence-corrected chi connectivity index (χ2v) is 11.1. The monoisotopic (exact) mass is 350 g/mol. The second-order valence-electron chi connectivity index (χ2n) is 11.1. The van der Waals surface area contributed by atoms with Crippen LogP contribution in [0.1, 0.15) is 85.5 Å². The molecule has 0 saturated heterocycles. The summed E-state index contributed by atoms with van der Waals surface area (Å²) in [5.41, 5.74) is -0.120. The van der Waals surface area contributed by atoms with Crippen molar-refractivity contribution in [2.45, 2.75) is 103 Å². The van der Waals surface area contributed by atoms with Crippen LogP contribution in [0.4, 0.5) is 0 Å². The maximum atomic E-state index is 11.1. The Morgan fingerprint density at radius 1 is 0.920 bits per heavy atom. The molecule has 144 valence electrons. The number of hydrogen-bond donors (Lipinski definition) is 3. The summed E-state index contributed by atoms with van der Waals surface area (Å²) in [6.07, 6.45) is 8.74. The van der Waals surface area contributed by atoms with Crippen molar-refractivity contribution in [1.29, 1.82) is 0 Å². The fraction of sp³-hybridized carbons (Fsp3) is 1.00. The number of hydrogen-bond acceptors (Lipinski definition) is 3. The third-order valence-electron chi connectivity index (χ3n) is 9.93. The van der Waals surface area contributed by atoms with Gasteiger partial charge in [0.15, 0.2) is 0 Å². The Morgan fingerprint density at radius 2 is 1.64 bits per heavy atom. The summed E-state index contributed by atoms with van der Waals surface area (Å²) in [7, 11) is 0. The van der Waals surface area contributed by atoms with Gasteiger partial charge >= 0.3 is 0 Å². The minimum atomic E-state index is -0.890. The van der Waals surface area contributed by atoms with Gasteiger partial charge in [0.1, 0.15) is 0 Å². The molecule has 4 aliphatic rings. The lowest BCUT2D eigenvalue weighted by Gasteiger charge is -2.64. The molecule has 25 heavy (non-hydrogen) atoms. The van der Waals surface area contributed by atoms with Crippen molar-refractivity contribution in [2.24, 2.45) is 34.0 Å². The minimum Gasteiger partial charge on any atom is -0.393 e. The maximum Gasteiger partial charge on any atom is 0.0910 e. The molecule has 7 unspecified atom stereocenters. The Hall–Kier alpha value is -0.120. The second kappa shape index (κ2) is 5.45. The fourth-order valence-corrected chi connectivity index (χ4v) is 8.09. The van der Waals surface area contributed by atoms with Crippen LogP contribution in [0.5, 0.6) is 0 Å². The van der Waals surface area contributed by atoms with Crippen LogP contribution < -0.4 is 0 Å². The van der Waals surface area contributed by atoms with Crippen molar-refractivity contribution < 1.29 is 15.3 Å². The zero-order chi connectivity index (χ0) is 18.3. The Labute approximate surface area is 153 Å². The first kappa shape index (κ1) is 18.3. The van der Waals surface area contributed by atoms with Crippen LogP contribution in [-0.4, -0.2) is 33.1 Å². The third kappa shape index (κ3) is 2.41. The summed E-state index contributed by atoms with van der Waals surface area (Å²) in [4.78, 5) is 0. The highest BCUT2D eigenvalue weighted by Gasteiger charge is 2.64. The molecule has 4 rings (SSSR count). The zero-order valence-corrected chi connectivity index (χ0v) is 16.6. The van der Waals surface area contributed by atoms with Crippen LogP contribution >= 0.6 is 0 Å². The van der Waals surface area contributed by atoms with Crippen molar-refractivity contribution in [2.75, 3.05) is 0 Å². The molecular weight excluding hydrogens is 312 g/mol. The lowest BCUT2D eigenvalue weighted by Crippen LogP contribution is -2.57. The van der Waals surface area contributed by atoms with Crippen LogP contribution in [0.25, 0.3) is 0 Å². The van der Waals surface area contributed by atoms with Gasteiger partial charge in [0.25, 0.3) is 0 Å². The molecule has 4 saturated carbocycles. The predicted molar refractivity (Wildman–Crippen MR) is 99.0 cm³/mol. The first-order valence-corrected chi connectivity index (χ1v) is 10.6. The van der Waals surface area contributed by atoms with Crippen molar-refractivity contribution in [3.8, 4) is 0 Å². The van der Waals surface area contributed by atoms with Crippen molar-refractivity contribution >= 4 is 0 Å². The zero-order valence-electron chi connectivity index (χ0n) is 16.6. The summed E-state index contributed by atoms with van der Waals surface area (Å²) in [6.45, 7) is 9.07. The molecular formula is C22H38O3. The van der Waals surface area contributed by atoms with Gasteiger partial charge in [0, 0.05) is 0 Å². The number of rotatable bonds is 1. The van der Waals surface area contributed by atoms with E-state index in [9.17, 15) is 15.3 Å². The Balaban J connectivity index is 1.65. The lowest BCUT2D eigenvalue weighted by molar-refractivity contribution is -0.166. The summed E-state index contributed by atoms with van der Waals surface area (Å²) in [5.74, 6) is 1.94. The topological polar surface area (TPSA) is 60.7 Å². The van der Waals surface area contributed by atoms with Gasteiger partial charge in [-0.1, -0.05) is 20.8 Å². The van der Waals surface area contributed by atoms with E-state index in [0.717, 1.165) is 32.1 Å². The molecule has 0 aliphatic heterocycles. The summed E-state index contributed by atoms with van der Waals surface area (Å²) >= 11 is 0. The highest BCUT2D eigenvalue weighted by molar-refractivity contribution is 5.14. The summed E-state index contributed by atoms with van der Waals surface area (Å²) < 4.78 is 0. The van der Waals surface area contributed by atoms with E-state index in [1.165, 1.54) is 25.7 Å². The largest absolute Gasteiger partial charge is 0.393 e. The van der Waals surface area contributed by atoms with Crippen LogP contribution in [0.3, 0.4) is 0 Å². The van der Waals surface area contributed by atoms with Gasteiger partial charge in [-0.25, -0.2) is 0 Å². The van der Waals surface area contributed by atoms with Crippen LogP contribution in [0, 0.1) is 34.0 Å². The van der Waals surface area contributed by atoms with E-state index in [4.69, 9.17) is 0 Å². The van der Waals surface area contributed by atoms with E-state index < -0.39 is 11.7 Å². The highest BCUT2D eigenvalue weighted by Crippen LogP contribution is 2.70. The molecule has 0 spiro atoms. The normalized spacial score (nSPS) is 59.6. The van der Waals surface area contributed by atoms with Gasteiger partial charge < -0.3 is 15.3 Å². The minimum absolute atomic E-state index is 0.115. The van der Waals surface area contributed by atoms with Crippen molar-refractivity contribution in [3.63, 3.8) is 0 Å². The van der Waals surface area contributed by atoms with E-state index in [1.807, 2.05) is 0 Å². The molecule has 9 atom stereocenters. The molecule has 0 amide bonds. The molecule has 3 N–H and O–H groups in total. The predicted octanol–water partition coefficient (Wildman–Crippen LogP) is 3.89.